The first-order valence-electron chi connectivity index (χ1n) is 6.29. The van der Waals surface area contributed by atoms with Crippen LogP contribution in [0.1, 0.15) is 18.2 Å². The molecule has 2 unspecified atom stereocenters. The summed E-state index contributed by atoms with van der Waals surface area (Å²) in [5.41, 5.74) is 0. The van der Waals surface area contributed by atoms with Gasteiger partial charge < -0.3 is 10.1 Å². The van der Waals surface area contributed by atoms with Crippen molar-refractivity contribution in [3.8, 4) is 0 Å². The molecule has 3 nitrogen and oxygen atoms in total. The van der Waals surface area contributed by atoms with Crippen LogP contribution in [0, 0.1) is 0 Å². The van der Waals surface area contributed by atoms with Gasteiger partial charge in [0.25, 0.3) is 0 Å². The third kappa shape index (κ3) is 4.07. The molecule has 1 aliphatic heterocycles. The predicted molar refractivity (Wildman–Crippen MR) is 72.5 cm³/mol. The highest BCUT2D eigenvalue weighted by Crippen LogP contribution is 2.15. The van der Waals surface area contributed by atoms with Gasteiger partial charge in [0.1, 0.15) is 0 Å². The molecule has 0 aromatic carbocycles. The standard InChI is InChI=1S/C13H22N2OS/c1-11(8-12-10-16-6-5-14-12)15(2)9-13-4-3-7-17-13/h3-4,7,11-12,14H,5-6,8-10H2,1-2H3. The zero-order chi connectivity index (χ0) is 12.1. The van der Waals surface area contributed by atoms with Crippen LogP contribution in [0.3, 0.4) is 0 Å². The minimum absolute atomic E-state index is 0.518. The van der Waals surface area contributed by atoms with Gasteiger partial charge in [-0.2, -0.15) is 0 Å². The van der Waals surface area contributed by atoms with Crippen LogP contribution in [0.25, 0.3) is 0 Å². The van der Waals surface area contributed by atoms with E-state index in [1.165, 1.54) is 4.88 Å². The van der Waals surface area contributed by atoms with Crippen molar-refractivity contribution in [3.63, 3.8) is 0 Å². The van der Waals surface area contributed by atoms with E-state index in [1.54, 1.807) is 0 Å². The van der Waals surface area contributed by atoms with E-state index < -0.39 is 0 Å². The summed E-state index contributed by atoms with van der Waals surface area (Å²) < 4.78 is 5.49. The monoisotopic (exact) mass is 254 g/mol. The normalized spacial score (nSPS) is 22.9. The van der Waals surface area contributed by atoms with E-state index in [-0.39, 0.29) is 0 Å². The number of hydrogen-bond donors (Lipinski definition) is 1. The van der Waals surface area contributed by atoms with Gasteiger partial charge in [-0.15, -0.1) is 11.3 Å². The SMILES string of the molecule is CC(CC1COCCN1)N(C)Cc1cccs1. The molecule has 2 rings (SSSR count). The Hall–Kier alpha value is -0.420. The van der Waals surface area contributed by atoms with Crippen LogP contribution < -0.4 is 5.32 Å². The fraction of sp³-hybridized carbons (Fsp3) is 0.692. The molecule has 0 aliphatic carbocycles. The molecule has 17 heavy (non-hydrogen) atoms. The van der Waals surface area contributed by atoms with Crippen LogP contribution in [0.2, 0.25) is 0 Å². The Morgan fingerprint density at radius 1 is 1.65 bits per heavy atom. The van der Waals surface area contributed by atoms with Crippen molar-refractivity contribution < 1.29 is 4.74 Å². The summed E-state index contributed by atoms with van der Waals surface area (Å²) in [4.78, 5) is 3.86. The topological polar surface area (TPSA) is 24.5 Å². The summed E-state index contributed by atoms with van der Waals surface area (Å²) in [7, 11) is 2.20. The quantitative estimate of drug-likeness (QED) is 0.869. The maximum absolute atomic E-state index is 5.49. The van der Waals surface area contributed by atoms with E-state index in [0.717, 1.165) is 32.7 Å². The number of nitrogens with one attached hydrogen (secondary N) is 1. The van der Waals surface area contributed by atoms with E-state index in [9.17, 15) is 0 Å². The molecule has 1 aromatic rings. The van der Waals surface area contributed by atoms with Crippen molar-refractivity contribution in [3.05, 3.63) is 22.4 Å². The zero-order valence-corrected chi connectivity index (χ0v) is 11.5. The Balaban J connectivity index is 1.76. The largest absolute Gasteiger partial charge is 0.379 e. The summed E-state index contributed by atoms with van der Waals surface area (Å²) in [6.45, 7) is 6.05. The summed E-state index contributed by atoms with van der Waals surface area (Å²) in [6, 6.07) is 5.42. The number of hydrogen-bond acceptors (Lipinski definition) is 4. The molecule has 0 spiro atoms. The molecular weight excluding hydrogens is 232 g/mol. The Morgan fingerprint density at radius 3 is 3.18 bits per heavy atom. The molecule has 96 valence electrons. The minimum Gasteiger partial charge on any atom is -0.379 e. The molecule has 1 aromatic heterocycles. The van der Waals surface area contributed by atoms with E-state index in [4.69, 9.17) is 4.74 Å². The number of rotatable bonds is 5. The van der Waals surface area contributed by atoms with E-state index in [2.05, 4.69) is 41.7 Å². The molecule has 2 heterocycles. The lowest BCUT2D eigenvalue weighted by molar-refractivity contribution is 0.0639. The first kappa shape index (κ1) is 13.0. The van der Waals surface area contributed by atoms with Gasteiger partial charge in [-0.25, -0.2) is 0 Å². The molecule has 1 N–H and O–H groups in total. The summed E-state index contributed by atoms with van der Waals surface area (Å²) in [5.74, 6) is 0. The van der Waals surface area contributed by atoms with Gasteiger partial charge in [0, 0.05) is 30.1 Å². The van der Waals surface area contributed by atoms with Crippen molar-refractivity contribution in [2.24, 2.45) is 0 Å². The number of thiophene rings is 1. The lowest BCUT2D eigenvalue weighted by Crippen LogP contribution is -2.45. The van der Waals surface area contributed by atoms with Gasteiger partial charge in [-0.1, -0.05) is 6.07 Å². The van der Waals surface area contributed by atoms with Gasteiger partial charge in [0.05, 0.1) is 13.2 Å². The first-order valence-corrected chi connectivity index (χ1v) is 7.17. The highest BCUT2D eigenvalue weighted by atomic mass is 32.1. The Morgan fingerprint density at radius 2 is 2.53 bits per heavy atom. The molecular formula is C13H22N2OS. The van der Waals surface area contributed by atoms with E-state index >= 15 is 0 Å². The van der Waals surface area contributed by atoms with E-state index in [1.807, 2.05) is 11.3 Å². The Bertz CT molecular complexity index is 309. The third-order valence-corrected chi connectivity index (χ3v) is 4.22. The number of ether oxygens (including phenoxy) is 1. The van der Waals surface area contributed by atoms with Crippen LogP contribution in [0.5, 0.6) is 0 Å². The predicted octanol–water partition coefficient (Wildman–Crippen LogP) is 1.95. The van der Waals surface area contributed by atoms with Gasteiger partial charge in [-0.3, -0.25) is 4.90 Å². The number of morpholine rings is 1. The first-order chi connectivity index (χ1) is 8.25. The summed E-state index contributed by atoms with van der Waals surface area (Å²) >= 11 is 1.83. The van der Waals surface area contributed by atoms with Crippen molar-refractivity contribution in [1.29, 1.82) is 0 Å². The molecule has 1 fully saturated rings. The molecule has 0 saturated carbocycles. The van der Waals surface area contributed by atoms with Crippen molar-refractivity contribution >= 4 is 11.3 Å². The molecule has 1 aliphatic rings. The average molecular weight is 254 g/mol. The average Bonchev–Trinajstić information content (AvgIpc) is 2.83. The fourth-order valence-corrected chi connectivity index (χ4v) is 2.93. The van der Waals surface area contributed by atoms with Crippen LogP contribution in [0.15, 0.2) is 17.5 Å². The third-order valence-electron chi connectivity index (χ3n) is 3.36. The molecule has 1 saturated heterocycles. The maximum Gasteiger partial charge on any atom is 0.0620 e. The highest BCUT2D eigenvalue weighted by Gasteiger charge is 2.18. The lowest BCUT2D eigenvalue weighted by atomic mass is 10.1. The summed E-state index contributed by atoms with van der Waals surface area (Å²) in [6.07, 6.45) is 1.15. The number of nitrogens with zero attached hydrogens (tertiary/aromatic N) is 1. The van der Waals surface area contributed by atoms with Crippen LogP contribution in [-0.2, 0) is 11.3 Å². The zero-order valence-electron chi connectivity index (χ0n) is 10.7. The molecule has 0 amide bonds. The van der Waals surface area contributed by atoms with Gasteiger partial charge in [0.2, 0.25) is 0 Å². The second kappa shape index (κ2) is 6.50. The van der Waals surface area contributed by atoms with Gasteiger partial charge >= 0.3 is 0 Å². The van der Waals surface area contributed by atoms with Crippen LogP contribution in [0.4, 0.5) is 0 Å². The fourth-order valence-electron chi connectivity index (χ4n) is 2.17. The summed E-state index contributed by atoms with van der Waals surface area (Å²) in [5, 5.41) is 5.66. The Labute approximate surface area is 108 Å². The second-order valence-electron chi connectivity index (χ2n) is 4.81. The van der Waals surface area contributed by atoms with Crippen molar-refractivity contribution in [1.82, 2.24) is 10.2 Å². The smallest absolute Gasteiger partial charge is 0.0620 e. The lowest BCUT2D eigenvalue weighted by Gasteiger charge is -2.30. The van der Waals surface area contributed by atoms with Crippen molar-refractivity contribution in [2.75, 3.05) is 26.8 Å². The molecule has 2 atom stereocenters. The maximum atomic E-state index is 5.49. The van der Waals surface area contributed by atoms with Gasteiger partial charge in [0.15, 0.2) is 0 Å². The van der Waals surface area contributed by atoms with Crippen LogP contribution in [-0.4, -0.2) is 43.8 Å². The second-order valence-corrected chi connectivity index (χ2v) is 5.84. The van der Waals surface area contributed by atoms with Crippen LogP contribution >= 0.6 is 11.3 Å². The molecule has 0 radical (unpaired) electrons. The van der Waals surface area contributed by atoms with Gasteiger partial charge in [-0.05, 0) is 31.8 Å². The molecule has 0 bridgehead atoms. The Kier molecular flexibility index (Phi) is 4.98. The highest BCUT2D eigenvalue weighted by molar-refractivity contribution is 7.09. The van der Waals surface area contributed by atoms with Crippen molar-refractivity contribution in [2.45, 2.75) is 32.0 Å². The molecule has 4 heteroatoms. The van der Waals surface area contributed by atoms with E-state index in [0.29, 0.717) is 12.1 Å². The minimum atomic E-state index is 0.518.